The highest BCUT2D eigenvalue weighted by atomic mass is 16.6. The predicted octanol–water partition coefficient (Wildman–Crippen LogP) is 4.06. The van der Waals surface area contributed by atoms with Gasteiger partial charge in [0.1, 0.15) is 0 Å². The normalized spacial score (nSPS) is 15.5. The van der Waals surface area contributed by atoms with Gasteiger partial charge in [-0.1, -0.05) is 40.0 Å². The number of rotatable bonds is 0. The molecule has 0 radical (unpaired) electrons. The molecule has 1 aliphatic carbocycles. The maximum Gasteiger partial charge on any atom is 0.503 e. The van der Waals surface area contributed by atoms with Crippen LogP contribution in [0.25, 0.3) is 0 Å². The average molecular weight is 264 g/mol. The van der Waals surface area contributed by atoms with Crippen molar-refractivity contribution in [2.45, 2.75) is 52.9 Å². The highest BCUT2D eigenvalue weighted by Crippen LogP contribution is 2.37. The van der Waals surface area contributed by atoms with Crippen LogP contribution < -0.4 is 0 Å². The second-order valence-corrected chi connectivity index (χ2v) is 5.27. The first kappa shape index (κ1) is 18.9. The summed E-state index contributed by atoms with van der Waals surface area (Å²) in [4.78, 5) is 17.1. The molecule has 0 aromatic heterocycles. The van der Waals surface area contributed by atoms with E-state index in [9.17, 15) is 0 Å². The summed E-state index contributed by atoms with van der Waals surface area (Å²) < 4.78 is 0. The van der Waals surface area contributed by atoms with E-state index in [0.29, 0.717) is 5.41 Å². The number of carbonyl (C=O) groups is 2. The zero-order chi connectivity index (χ0) is 14.8. The van der Waals surface area contributed by atoms with Crippen LogP contribution >= 0.6 is 0 Å². The molecular weight excluding hydrogens is 240 g/mol. The van der Waals surface area contributed by atoms with E-state index in [-0.39, 0.29) is 0 Å². The fourth-order valence-corrected chi connectivity index (χ4v) is 1.97. The summed E-state index contributed by atoms with van der Waals surface area (Å²) in [7, 11) is 0. The van der Waals surface area contributed by atoms with Gasteiger partial charge in [0, 0.05) is 0 Å². The molecule has 1 saturated carbocycles. The van der Waals surface area contributed by atoms with Gasteiger partial charge in [-0.05, 0) is 24.2 Å². The zero-order valence-electron chi connectivity index (χ0n) is 11.2. The third-order valence-electron chi connectivity index (χ3n) is 2.83. The van der Waals surface area contributed by atoms with Gasteiger partial charge in [0.15, 0.2) is 0 Å². The van der Waals surface area contributed by atoms with Crippen LogP contribution in [0.2, 0.25) is 0 Å². The molecule has 6 heteroatoms. The lowest BCUT2D eigenvalue weighted by molar-refractivity contribution is 0.135. The van der Waals surface area contributed by atoms with Gasteiger partial charge >= 0.3 is 12.3 Å². The monoisotopic (exact) mass is 264 g/mol. The van der Waals surface area contributed by atoms with Crippen LogP contribution in [0.3, 0.4) is 0 Å². The minimum atomic E-state index is -1.83. The average Bonchev–Trinajstić information content (AvgIpc) is 2.16. The van der Waals surface area contributed by atoms with Crippen LogP contribution in [0.15, 0.2) is 0 Å². The second-order valence-electron chi connectivity index (χ2n) is 5.27. The first-order chi connectivity index (χ1) is 8.07. The quantitative estimate of drug-likeness (QED) is 0.524. The Labute approximate surface area is 107 Å². The molecule has 1 rings (SSSR count). The standard InChI is InChI=1S/C10H20.2CH2O3/c1-10(2,3)9-7-5-4-6-8-9;2*2-1(3)4/h9H,4-8H2,1-3H3;2*(H2,2,3,4). The molecule has 108 valence electrons. The Bertz CT molecular complexity index is 217. The summed E-state index contributed by atoms with van der Waals surface area (Å²) in [6.45, 7) is 7.13. The maximum absolute atomic E-state index is 8.56. The predicted molar refractivity (Wildman–Crippen MR) is 67.3 cm³/mol. The van der Waals surface area contributed by atoms with E-state index < -0.39 is 12.3 Å². The van der Waals surface area contributed by atoms with Gasteiger partial charge in [0.25, 0.3) is 0 Å². The van der Waals surface area contributed by atoms with Crippen LogP contribution in [0, 0.1) is 11.3 Å². The highest BCUT2D eigenvalue weighted by Gasteiger charge is 2.25. The summed E-state index contributed by atoms with van der Waals surface area (Å²) in [6, 6.07) is 0. The lowest BCUT2D eigenvalue weighted by Crippen LogP contribution is -2.22. The molecule has 1 fully saturated rings. The summed E-state index contributed by atoms with van der Waals surface area (Å²) >= 11 is 0. The molecule has 0 aromatic carbocycles. The van der Waals surface area contributed by atoms with Crippen molar-refractivity contribution in [2.75, 3.05) is 0 Å². The third-order valence-corrected chi connectivity index (χ3v) is 2.83. The Kier molecular flexibility index (Phi) is 10.0. The Balaban J connectivity index is 0. The minimum absolute atomic E-state index is 0.570. The van der Waals surface area contributed by atoms with Crippen LogP contribution in [-0.4, -0.2) is 32.7 Å². The van der Waals surface area contributed by atoms with Crippen LogP contribution in [-0.2, 0) is 0 Å². The minimum Gasteiger partial charge on any atom is -0.450 e. The first-order valence-electron chi connectivity index (χ1n) is 5.91. The van der Waals surface area contributed by atoms with Crippen molar-refractivity contribution < 1.29 is 30.0 Å². The number of hydrogen-bond acceptors (Lipinski definition) is 2. The molecule has 0 spiro atoms. The van der Waals surface area contributed by atoms with E-state index in [1.54, 1.807) is 0 Å². The summed E-state index contributed by atoms with van der Waals surface area (Å²) in [5, 5.41) is 27.9. The molecule has 0 unspecified atom stereocenters. The first-order valence-corrected chi connectivity index (χ1v) is 5.91. The van der Waals surface area contributed by atoms with Gasteiger partial charge in [-0.3, -0.25) is 0 Å². The Morgan fingerprint density at radius 1 is 0.833 bits per heavy atom. The summed E-state index contributed by atoms with van der Waals surface area (Å²) in [5.74, 6) is 1.00. The van der Waals surface area contributed by atoms with Crippen LogP contribution in [0.4, 0.5) is 9.59 Å². The molecule has 0 aromatic rings. The van der Waals surface area contributed by atoms with Crippen molar-refractivity contribution in [3.63, 3.8) is 0 Å². The molecular formula is C12H24O6. The molecule has 4 N–H and O–H groups in total. The summed E-state index contributed by atoms with van der Waals surface area (Å²) in [5.41, 5.74) is 0.570. The molecule has 0 amide bonds. The number of hydrogen-bond donors (Lipinski definition) is 4. The van der Waals surface area contributed by atoms with E-state index in [1.807, 2.05) is 0 Å². The van der Waals surface area contributed by atoms with Crippen molar-refractivity contribution >= 4 is 12.3 Å². The molecule has 0 saturated heterocycles. The van der Waals surface area contributed by atoms with Crippen molar-refractivity contribution in [2.24, 2.45) is 11.3 Å². The van der Waals surface area contributed by atoms with Crippen molar-refractivity contribution in [1.82, 2.24) is 0 Å². The van der Waals surface area contributed by atoms with Crippen molar-refractivity contribution in [3.05, 3.63) is 0 Å². The van der Waals surface area contributed by atoms with E-state index in [1.165, 1.54) is 32.1 Å². The van der Waals surface area contributed by atoms with Gasteiger partial charge in [-0.15, -0.1) is 0 Å². The lowest BCUT2D eigenvalue weighted by atomic mass is 9.72. The Morgan fingerprint density at radius 3 is 1.28 bits per heavy atom. The van der Waals surface area contributed by atoms with Crippen LogP contribution in [0.5, 0.6) is 0 Å². The van der Waals surface area contributed by atoms with Crippen molar-refractivity contribution in [3.8, 4) is 0 Å². The van der Waals surface area contributed by atoms with Gasteiger partial charge in [0.2, 0.25) is 0 Å². The van der Waals surface area contributed by atoms with E-state index in [4.69, 9.17) is 30.0 Å². The third kappa shape index (κ3) is 17.0. The topological polar surface area (TPSA) is 115 Å². The molecule has 0 atom stereocenters. The lowest BCUT2D eigenvalue weighted by Gasteiger charge is -2.33. The molecule has 0 bridgehead atoms. The molecule has 18 heavy (non-hydrogen) atoms. The van der Waals surface area contributed by atoms with E-state index in [2.05, 4.69) is 20.8 Å². The SMILES string of the molecule is CC(C)(C)C1CCCCC1.O=C(O)O.O=C(O)O. The van der Waals surface area contributed by atoms with Gasteiger partial charge < -0.3 is 20.4 Å². The molecule has 0 aliphatic heterocycles. The van der Waals surface area contributed by atoms with Gasteiger partial charge in [0.05, 0.1) is 0 Å². The largest absolute Gasteiger partial charge is 0.503 e. The Morgan fingerprint density at radius 2 is 1.11 bits per heavy atom. The number of carboxylic acid groups (broad SMARTS) is 4. The van der Waals surface area contributed by atoms with Gasteiger partial charge in [-0.2, -0.15) is 0 Å². The fourth-order valence-electron chi connectivity index (χ4n) is 1.97. The van der Waals surface area contributed by atoms with Crippen molar-refractivity contribution in [1.29, 1.82) is 0 Å². The fraction of sp³-hybridized carbons (Fsp3) is 0.833. The van der Waals surface area contributed by atoms with E-state index in [0.717, 1.165) is 5.92 Å². The van der Waals surface area contributed by atoms with E-state index >= 15 is 0 Å². The molecule has 1 aliphatic rings. The Hall–Kier alpha value is -1.46. The molecule has 0 heterocycles. The summed E-state index contributed by atoms with van der Waals surface area (Å²) in [6.07, 6.45) is 3.71. The van der Waals surface area contributed by atoms with Gasteiger partial charge in [-0.25, -0.2) is 9.59 Å². The highest BCUT2D eigenvalue weighted by molar-refractivity contribution is 5.53. The molecule has 6 nitrogen and oxygen atoms in total. The van der Waals surface area contributed by atoms with Crippen LogP contribution in [0.1, 0.15) is 52.9 Å². The second kappa shape index (κ2) is 9.56. The zero-order valence-corrected chi connectivity index (χ0v) is 11.2. The smallest absolute Gasteiger partial charge is 0.450 e. The maximum atomic E-state index is 8.56.